The predicted molar refractivity (Wildman–Crippen MR) is 68.6 cm³/mol. The minimum absolute atomic E-state index is 0.412. The molecule has 0 aliphatic heterocycles. The van der Waals surface area contributed by atoms with Crippen LogP contribution in [-0.4, -0.2) is 24.0 Å². The van der Waals surface area contributed by atoms with Crippen molar-refractivity contribution in [2.45, 2.75) is 31.8 Å². The van der Waals surface area contributed by atoms with Gasteiger partial charge in [0, 0.05) is 30.2 Å². The SMILES string of the molecule is C[C@H](c1cccc(Cl)c1)N(CCN)C1CC1. The fraction of sp³-hybridized carbons (Fsp3) is 0.538. The topological polar surface area (TPSA) is 29.3 Å². The lowest BCUT2D eigenvalue weighted by molar-refractivity contribution is 0.206. The van der Waals surface area contributed by atoms with E-state index in [9.17, 15) is 0 Å². The highest BCUT2D eigenvalue weighted by molar-refractivity contribution is 6.30. The predicted octanol–water partition coefficient (Wildman–Crippen LogP) is 2.82. The molecule has 1 aliphatic carbocycles. The van der Waals surface area contributed by atoms with Gasteiger partial charge in [0.2, 0.25) is 0 Å². The Morgan fingerprint density at radius 2 is 2.25 bits per heavy atom. The zero-order valence-corrected chi connectivity index (χ0v) is 10.5. The van der Waals surface area contributed by atoms with Crippen LogP contribution in [0.2, 0.25) is 5.02 Å². The Kier molecular flexibility index (Phi) is 3.85. The number of rotatable bonds is 5. The van der Waals surface area contributed by atoms with Crippen molar-refractivity contribution in [2.75, 3.05) is 13.1 Å². The van der Waals surface area contributed by atoms with Crippen LogP contribution in [0.1, 0.15) is 31.4 Å². The minimum Gasteiger partial charge on any atom is -0.329 e. The molecule has 0 unspecified atom stereocenters. The lowest BCUT2D eigenvalue weighted by Crippen LogP contribution is -2.33. The molecule has 2 rings (SSSR count). The summed E-state index contributed by atoms with van der Waals surface area (Å²) in [5.41, 5.74) is 6.96. The minimum atomic E-state index is 0.412. The molecule has 0 bridgehead atoms. The maximum Gasteiger partial charge on any atom is 0.0409 e. The van der Waals surface area contributed by atoms with Crippen LogP contribution in [0, 0.1) is 0 Å². The van der Waals surface area contributed by atoms with E-state index in [4.69, 9.17) is 17.3 Å². The summed E-state index contributed by atoms with van der Waals surface area (Å²) in [6.07, 6.45) is 2.62. The second kappa shape index (κ2) is 5.17. The quantitative estimate of drug-likeness (QED) is 0.855. The summed E-state index contributed by atoms with van der Waals surface area (Å²) < 4.78 is 0. The van der Waals surface area contributed by atoms with Crippen molar-refractivity contribution in [1.29, 1.82) is 0 Å². The first kappa shape index (κ1) is 11.9. The van der Waals surface area contributed by atoms with E-state index in [-0.39, 0.29) is 0 Å². The molecule has 2 nitrogen and oxygen atoms in total. The van der Waals surface area contributed by atoms with Crippen molar-refractivity contribution in [2.24, 2.45) is 5.73 Å². The summed E-state index contributed by atoms with van der Waals surface area (Å²) in [7, 11) is 0. The zero-order valence-electron chi connectivity index (χ0n) is 9.70. The lowest BCUT2D eigenvalue weighted by Gasteiger charge is -2.29. The molecule has 0 radical (unpaired) electrons. The third kappa shape index (κ3) is 2.76. The summed E-state index contributed by atoms with van der Waals surface area (Å²) in [6.45, 7) is 3.93. The van der Waals surface area contributed by atoms with Crippen molar-refractivity contribution < 1.29 is 0 Å². The molecule has 1 aromatic carbocycles. The van der Waals surface area contributed by atoms with Crippen LogP contribution in [0.25, 0.3) is 0 Å². The van der Waals surface area contributed by atoms with Crippen LogP contribution in [0.5, 0.6) is 0 Å². The van der Waals surface area contributed by atoms with Crippen molar-refractivity contribution in [3.8, 4) is 0 Å². The first-order valence-corrected chi connectivity index (χ1v) is 6.31. The molecular weight excluding hydrogens is 220 g/mol. The third-order valence-electron chi connectivity index (χ3n) is 3.23. The Balaban J connectivity index is 2.12. The van der Waals surface area contributed by atoms with Crippen LogP contribution >= 0.6 is 11.6 Å². The van der Waals surface area contributed by atoms with Gasteiger partial charge in [-0.05, 0) is 37.5 Å². The molecule has 0 heterocycles. The average Bonchev–Trinajstić information content (AvgIpc) is 3.09. The van der Waals surface area contributed by atoms with Crippen LogP contribution < -0.4 is 5.73 Å². The zero-order chi connectivity index (χ0) is 11.5. The van der Waals surface area contributed by atoms with Crippen molar-refractivity contribution in [1.82, 2.24) is 4.90 Å². The maximum absolute atomic E-state index is 6.02. The first-order chi connectivity index (χ1) is 7.72. The summed E-state index contributed by atoms with van der Waals surface area (Å²) in [6, 6.07) is 9.28. The Bertz CT molecular complexity index is 350. The molecule has 2 N–H and O–H groups in total. The molecule has 0 aromatic heterocycles. The highest BCUT2D eigenvalue weighted by Gasteiger charge is 2.31. The van der Waals surface area contributed by atoms with Gasteiger partial charge in [-0.3, -0.25) is 4.90 Å². The van der Waals surface area contributed by atoms with Gasteiger partial charge in [0.1, 0.15) is 0 Å². The lowest BCUT2D eigenvalue weighted by atomic mass is 10.1. The van der Waals surface area contributed by atoms with Gasteiger partial charge < -0.3 is 5.73 Å². The molecule has 0 spiro atoms. The van der Waals surface area contributed by atoms with E-state index in [1.54, 1.807) is 0 Å². The van der Waals surface area contributed by atoms with Gasteiger partial charge in [0.25, 0.3) is 0 Å². The van der Waals surface area contributed by atoms with Gasteiger partial charge in [-0.2, -0.15) is 0 Å². The first-order valence-electron chi connectivity index (χ1n) is 5.93. The van der Waals surface area contributed by atoms with Crippen molar-refractivity contribution in [3.05, 3.63) is 34.9 Å². The molecule has 3 heteroatoms. The molecule has 1 aliphatic rings. The number of nitrogens with zero attached hydrogens (tertiary/aromatic N) is 1. The number of nitrogens with two attached hydrogens (primary N) is 1. The standard InChI is InChI=1S/C13H19ClN2/c1-10(11-3-2-4-12(14)9-11)16(8-7-15)13-5-6-13/h2-4,9-10,13H,5-8,15H2,1H3/t10-/m1/s1. The van der Waals surface area contributed by atoms with E-state index in [0.29, 0.717) is 6.04 Å². The molecule has 1 atom stereocenters. The van der Waals surface area contributed by atoms with Crippen LogP contribution in [-0.2, 0) is 0 Å². The molecule has 1 aromatic rings. The number of hydrogen-bond donors (Lipinski definition) is 1. The highest BCUT2D eigenvalue weighted by Crippen LogP contribution is 2.34. The van der Waals surface area contributed by atoms with Gasteiger partial charge in [0.05, 0.1) is 0 Å². The summed E-state index contributed by atoms with van der Waals surface area (Å²) in [5.74, 6) is 0. The summed E-state index contributed by atoms with van der Waals surface area (Å²) >= 11 is 6.02. The molecule has 0 amide bonds. The van der Waals surface area contributed by atoms with Crippen molar-refractivity contribution >= 4 is 11.6 Å². The third-order valence-corrected chi connectivity index (χ3v) is 3.47. The van der Waals surface area contributed by atoms with E-state index >= 15 is 0 Å². The Hall–Kier alpha value is -0.570. The van der Waals surface area contributed by atoms with E-state index in [2.05, 4.69) is 24.0 Å². The van der Waals surface area contributed by atoms with Gasteiger partial charge >= 0.3 is 0 Å². The van der Waals surface area contributed by atoms with Crippen LogP contribution in [0.15, 0.2) is 24.3 Å². The number of halogens is 1. The fourth-order valence-electron chi connectivity index (χ4n) is 2.21. The van der Waals surface area contributed by atoms with E-state index < -0.39 is 0 Å². The van der Waals surface area contributed by atoms with Gasteiger partial charge in [-0.1, -0.05) is 23.7 Å². The summed E-state index contributed by atoms with van der Waals surface area (Å²) in [4.78, 5) is 2.49. The molecule has 1 saturated carbocycles. The van der Waals surface area contributed by atoms with E-state index in [1.165, 1.54) is 18.4 Å². The second-order valence-corrected chi connectivity index (χ2v) is 4.93. The maximum atomic E-state index is 6.02. The van der Waals surface area contributed by atoms with Crippen molar-refractivity contribution in [3.63, 3.8) is 0 Å². The molecule has 88 valence electrons. The normalized spacial score (nSPS) is 17.8. The van der Waals surface area contributed by atoms with Crippen LogP contribution in [0.4, 0.5) is 0 Å². The fourth-order valence-corrected chi connectivity index (χ4v) is 2.40. The molecule has 0 saturated heterocycles. The highest BCUT2D eigenvalue weighted by atomic mass is 35.5. The van der Waals surface area contributed by atoms with E-state index in [0.717, 1.165) is 24.2 Å². The van der Waals surface area contributed by atoms with Gasteiger partial charge in [0.15, 0.2) is 0 Å². The van der Waals surface area contributed by atoms with Gasteiger partial charge in [-0.15, -0.1) is 0 Å². The van der Waals surface area contributed by atoms with E-state index in [1.807, 2.05) is 12.1 Å². The van der Waals surface area contributed by atoms with Crippen LogP contribution in [0.3, 0.4) is 0 Å². The molecule has 1 fully saturated rings. The summed E-state index contributed by atoms with van der Waals surface area (Å²) in [5, 5.41) is 0.813. The number of benzene rings is 1. The Morgan fingerprint density at radius 1 is 1.50 bits per heavy atom. The largest absolute Gasteiger partial charge is 0.329 e. The number of hydrogen-bond acceptors (Lipinski definition) is 2. The Labute approximate surface area is 102 Å². The monoisotopic (exact) mass is 238 g/mol. The smallest absolute Gasteiger partial charge is 0.0409 e. The Morgan fingerprint density at radius 3 is 2.81 bits per heavy atom. The second-order valence-electron chi connectivity index (χ2n) is 4.49. The van der Waals surface area contributed by atoms with Gasteiger partial charge in [-0.25, -0.2) is 0 Å². The molecule has 16 heavy (non-hydrogen) atoms. The molecular formula is C13H19ClN2. The average molecular weight is 239 g/mol.